The Hall–Kier alpha value is -2.12. The average Bonchev–Trinajstić information content (AvgIpc) is 3.16. The normalized spacial score (nSPS) is 11.7. The van der Waals surface area contributed by atoms with Gasteiger partial charge in [-0.2, -0.15) is 0 Å². The van der Waals surface area contributed by atoms with Crippen molar-refractivity contribution in [1.29, 1.82) is 0 Å². The molecule has 6 nitrogen and oxygen atoms in total. The van der Waals surface area contributed by atoms with Crippen molar-refractivity contribution in [2.75, 3.05) is 26.9 Å². The first-order valence-corrected chi connectivity index (χ1v) is 10.6. The molecule has 2 rings (SSSR count). The third kappa shape index (κ3) is 7.13. The van der Waals surface area contributed by atoms with E-state index in [-0.39, 0.29) is 0 Å². The molecule has 0 amide bonds. The summed E-state index contributed by atoms with van der Waals surface area (Å²) in [6, 6.07) is 6.23. The van der Waals surface area contributed by atoms with E-state index in [1.54, 1.807) is 18.4 Å². The molecule has 0 aliphatic heterocycles. The summed E-state index contributed by atoms with van der Waals surface area (Å²) in [7, 11) is 1.77. The van der Waals surface area contributed by atoms with E-state index in [1.807, 2.05) is 6.92 Å². The van der Waals surface area contributed by atoms with Crippen LogP contribution in [0.25, 0.3) is 0 Å². The van der Waals surface area contributed by atoms with E-state index in [0.717, 1.165) is 28.0 Å². The number of aromatic nitrogens is 1. The molecule has 0 aliphatic rings. The number of aliphatic imine (C=N–C) groups is 1. The van der Waals surface area contributed by atoms with Crippen molar-refractivity contribution in [1.82, 2.24) is 15.6 Å². The maximum Gasteiger partial charge on any atom is 0.191 e. The SMILES string of the molecule is CCOCCOc1cc(C)ccc1CNC(=NC)NCc1csc(C(C)C)n1. The second-order valence-electron chi connectivity index (χ2n) is 6.77. The number of hydrogen-bond donors (Lipinski definition) is 2. The summed E-state index contributed by atoms with van der Waals surface area (Å²) in [5, 5.41) is 9.93. The minimum absolute atomic E-state index is 0.457. The van der Waals surface area contributed by atoms with Crippen molar-refractivity contribution in [3.05, 3.63) is 45.4 Å². The fourth-order valence-electron chi connectivity index (χ4n) is 2.54. The molecule has 7 heteroatoms. The molecule has 0 bridgehead atoms. The van der Waals surface area contributed by atoms with Gasteiger partial charge in [-0.05, 0) is 25.5 Å². The standard InChI is InChI=1S/C21H32N4O2S/c1-6-26-9-10-27-19-11-16(4)7-8-17(19)12-23-21(22-5)24-13-18-14-28-20(25-18)15(2)3/h7-8,11,14-15H,6,9-10,12-13H2,1-5H3,(H2,22,23,24). The van der Waals surface area contributed by atoms with Crippen LogP contribution in [0.15, 0.2) is 28.6 Å². The van der Waals surface area contributed by atoms with Crippen molar-refractivity contribution in [3.8, 4) is 5.75 Å². The van der Waals surface area contributed by atoms with Crippen LogP contribution < -0.4 is 15.4 Å². The Kier molecular flexibility index (Phi) is 9.23. The van der Waals surface area contributed by atoms with E-state index in [4.69, 9.17) is 9.47 Å². The van der Waals surface area contributed by atoms with Crippen LogP contribution in [-0.4, -0.2) is 37.8 Å². The minimum atomic E-state index is 0.457. The van der Waals surface area contributed by atoms with Crippen LogP contribution in [0.1, 0.15) is 48.5 Å². The van der Waals surface area contributed by atoms with Crippen molar-refractivity contribution in [2.45, 2.75) is 46.7 Å². The molecule has 0 spiro atoms. The quantitative estimate of drug-likeness (QED) is 0.358. The van der Waals surface area contributed by atoms with Gasteiger partial charge in [0.15, 0.2) is 5.96 Å². The van der Waals surface area contributed by atoms with Gasteiger partial charge >= 0.3 is 0 Å². The van der Waals surface area contributed by atoms with E-state index in [2.05, 4.69) is 65.0 Å². The van der Waals surface area contributed by atoms with Gasteiger partial charge in [0.1, 0.15) is 12.4 Å². The molecule has 0 fully saturated rings. The fraction of sp³-hybridized carbons (Fsp3) is 0.524. The number of aryl methyl sites for hydroxylation is 1. The van der Waals surface area contributed by atoms with Gasteiger partial charge in [-0.15, -0.1) is 11.3 Å². The highest BCUT2D eigenvalue weighted by molar-refractivity contribution is 7.09. The number of thiazole rings is 1. The number of nitrogens with zero attached hydrogens (tertiary/aromatic N) is 2. The number of benzene rings is 1. The summed E-state index contributed by atoms with van der Waals surface area (Å²) in [5.41, 5.74) is 3.29. The number of rotatable bonds is 10. The van der Waals surface area contributed by atoms with Crippen LogP contribution in [-0.2, 0) is 17.8 Å². The second kappa shape index (κ2) is 11.7. The zero-order valence-electron chi connectivity index (χ0n) is 17.5. The van der Waals surface area contributed by atoms with Crippen molar-refractivity contribution >= 4 is 17.3 Å². The molecule has 154 valence electrons. The first-order chi connectivity index (χ1) is 13.5. The Bertz CT molecular complexity index is 759. The molecule has 28 heavy (non-hydrogen) atoms. The molecule has 1 aromatic heterocycles. The number of nitrogens with one attached hydrogen (secondary N) is 2. The molecule has 1 heterocycles. The predicted octanol–water partition coefficient (Wildman–Crippen LogP) is 3.86. The lowest BCUT2D eigenvalue weighted by atomic mass is 10.1. The number of guanidine groups is 1. The Morgan fingerprint density at radius 3 is 2.68 bits per heavy atom. The largest absolute Gasteiger partial charge is 0.491 e. The molecule has 0 unspecified atom stereocenters. The van der Waals surface area contributed by atoms with Crippen LogP contribution >= 0.6 is 11.3 Å². The second-order valence-corrected chi connectivity index (χ2v) is 7.66. The van der Waals surface area contributed by atoms with Crippen molar-refractivity contribution < 1.29 is 9.47 Å². The molecule has 0 saturated carbocycles. The van der Waals surface area contributed by atoms with Crippen LogP contribution in [0.5, 0.6) is 5.75 Å². The lowest BCUT2D eigenvalue weighted by Gasteiger charge is -2.15. The lowest BCUT2D eigenvalue weighted by Crippen LogP contribution is -2.36. The maximum absolute atomic E-state index is 5.91. The van der Waals surface area contributed by atoms with Gasteiger partial charge in [0, 0.05) is 37.1 Å². The summed E-state index contributed by atoms with van der Waals surface area (Å²) in [6.07, 6.45) is 0. The zero-order chi connectivity index (χ0) is 20.4. The van der Waals surface area contributed by atoms with Crippen molar-refractivity contribution in [2.24, 2.45) is 4.99 Å². The smallest absolute Gasteiger partial charge is 0.191 e. The van der Waals surface area contributed by atoms with Crippen molar-refractivity contribution in [3.63, 3.8) is 0 Å². The van der Waals surface area contributed by atoms with Crippen LogP contribution in [0.2, 0.25) is 0 Å². The molecule has 1 aromatic carbocycles. The van der Waals surface area contributed by atoms with Gasteiger partial charge in [0.2, 0.25) is 0 Å². The summed E-state index contributed by atoms with van der Waals surface area (Å²) in [4.78, 5) is 8.95. The van der Waals surface area contributed by atoms with E-state index in [9.17, 15) is 0 Å². The lowest BCUT2D eigenvalue weighted by molar-refractivity contribution is 0.110. The Balaban J connectivity index is 1.89. The van der Waals surface area contributed by atoms with E-state index < -0.39 is 0 Å². The van der Waals surface area contributed by atoms with E-state index in [1.165, 1.54) is 5.56 Å². The topological polar surface area (TPSA) is 67.8 Å². The molecule has 0 saturated heterocycles. The highest BCUT2D eigenvalue weighted by Crippen LogP contribution is 2.21. The number of ether oxygens (including phenoxy) is 2. The monoisotopic (exact) mass is 404 g/mol. The van der Waals surface area contributed by atoms with Gasteiger partial charge in [-0.1, -0.05) is 26.0 Å². The summed E-state index contributed by atoms with van der Waals surface area (Å²) >= 11 is 1.70. The summed E-state index contributed by atoms with van der Waals surface area (Å²) < 4.78 is 11.3. The average molecular weight is 405 g/mol. The molecule has 0 atom stereocenters. The molecule has 0 radical (unpaired) electrons. The van der Waals surface area contributed by atoms with Crippen LogP contribution in [0.3, 0.4) is 0 Å². The first kappa shape index (κ1) is 22.2. The summed E-state index contributed by atoms with van der Waals surface area (Å²) in [6.45, 7) is 11.5. The molecule has 0 aliphatic carbocycles. The highest BCUT2D eigenvalue weighted by atomic mass is 32.1. The number of hydrogen-bond acceptors (Lipinski definition) is 5. The Morgan fingerprint density at radius 2 is 2.00 bits per heavy atom. The third-order valence-electron chi connectivity index (χ3n) is 4.08. The van der Waals surface area contributed by atoms with Gasteiger partial charge in [-0.25, -0.2) is 4.98 Å². The van der Waals surface area contributed by atoms with Gasteiger partial charge in [0.25, 0.3) is 0 Å². The van der Waals surface area contributed by atoms with E-state index in [0.29, 0.717) is 38.8 Å². The van der Waals surface area contributed by atoms with Gasteiger partial charge in [0.05, 0.1) is 23.9 Å². The molecular weight excluding hydrogens is 372 g/mol. The maximum atomic E-state index is 5.91. The van der Waals surface area contributed by atoms with Gasteiger partial charge < -0.3 is 20.1 Å². The fourth-order valence-corrected chi connectivity index (χ4v) is 3.37. The summed E-state index contributed by atoms with van der Waals surface area (Å²) in [5.74, 6) is 2.07. The highest BCUT2D eigenvalue weighted by Gasteiger charge is 2.08. The Morgan fingerprint density at radius 1 is 1.21 bits per heavy atom. The predicted molar refractivity (Wildman–Crippen MR) is 116 cm³/mol. The first-order valence-electron chi connectivity index (χ1n) is 9.72. The molecule has 2 aromatic rings. The Labute approximate surface area is 172 Å². The van der Waals surface area contributed by atoms with Crippen LogP contribution in [0, 0.1) is 6.92 Å². The third-order valence-corrected chi connectivity index (χ3v) is 5.28. The van der Waals surface area contributed by atoms with E-state index >= 15 is 0 Å². The minimum Gasteiger partial charge on any atom is -0.491 e. The van der Waals surface area contributed by atoms with Crippen LogP contribution in [0.4, 0.5) is 0 Å². The molecular formula is C21H32N4O2S. The zero-order valence-corrected chi connectivity index (χ0v) is 18.4. The molecule has 2 N–H and O–H groups in total. The van der Waals surface area contributed by atoms with Gasteiger partial charge in [-0.3, -0.25) is 4.99 Å².